The number of nitrogens with one attached hydrogen (secondary N) is 1. The summed E-state index contributed by atoms with van der Waals surface area (Å²) in [5.74, 6) is 5.24. The summed E-state index contributed by atoms with van der Waals surface area (Å²) in [5.41, 5.74) is 9.04. The van der Waals surface area contributed by atoms with Gasteiger partial charge < -0.3 is 15.2 Å². The number of rotatable bonds is 5. The van der Waals surface area contributed by atoms with Crippen molar-refractivity contribution in [3.8, 4) is 17.0 Å². The zero-order valence-corrected chi connectivity index (χ0v) is 13.1. The van der Waals surface area contributed by atoms with Gasteiger partial charge in [0, 0.05) is 12.2 Å². The molecule has 0 bridgehead atoms. The maximum absolute atomic E-state index is 11.7. The van der Waals surface area contributed by atoms with Crippen LogP contribution >= 0.6 is 0 Å². The molecule has 0 aliphatic carbocycles. The molecule has 8 nitrogen and oxygen atoms in total. The maximum atomic E-state index is 11.7. The van der Waals surface area contributed by atoms with E-state index in [0.717, 1.165) is 25.0 Å². The highest BCUT2D eigenvalue weighted by atomic mass is 16.5. The summed E-state index contributed by atoms with van der Waals surface area (Å²) in [6.45, 7) is 1.24. The van der Waals surface area contributed by atoms with Crippen LogP contribution in [0.2, 0.25) is 0 Å². The van der Waals surface area contributed by atoms with Crippen LogP contribution in [0.4, 0.5) is 5.95 Å². The number of aromatic nitrogens is 2. The minimum atomic E-state index is -0.539. The van der Waals surface area contributed by atoms with Crippen molar-refractivity contribution in [2.45, 2.75) is 18.9 Å². The van der Waals surface area contributed by atoms with Crippen LogP contribution in [0.1, 0.15) is 23.3 Å². The number of hydrogen-bond donors (Lipinski definition) is 3. The Morgan fingerprint density at radius 2 is 2.21 bits per heavy atom. The molecule has 3 rings (SSSR count). The SMILES string of the molecule is NNC(=O)c1cc(-c2ccccc2OCC2CCCO2)nc(N)n1. The first kappa shape index (κ1) is 16.2. The average molecular weight is 329 g/mol. The molecule has 24 heavy (non-hydrogen) atoms. The number of nitrogen functional groups attached to an aromatic ring is 2. The van der Waals surface area contributed by atoms with Crippen molar-refractivity contribution in [3.63, 3.8) is 0 Å². The zero-order chi connectivity index (χ0) is 16.9. The van der Waals surface area contributed by atoms with Gasteiger partial charge in [0.05, 0.1) is 11.8 Å². The third-order valence-corrected chi connectivity index (χ3v) is 3.72. The molecule has 1 aromatic heterocycles. The standard InChI is InChI=1S/C16H19N5O3/c17-16-19-12(8-13(20-16)15(22)21-18)11-5-1-2-6-14(11)24-9-10-4-3-7-23-10/h1-2,5-6,8,10H,3-4,7,9,18H2,(H,21,22)(H2,17,19,20). The number of carbonyl (C=O) groups excluding carboxylic acids is 1. The Balaban J connectivity index is 1.88. The van der Waals surface area contributed by atoms with E-state index in [1.54, 1.807) is 0 Å². The second kappa shape index (κ2) is 7.24. The van der Waals surface area contributed by atoms with Gasteiger partial charge in [-0.3, -0.25) is 10.2 Å². The van der Waals surface area contributed by atoms with E-state index >= 15 is 0 Å². The minimum absolute atomic E-state index is 0.0139. The monoisotopic (exact) mass is 329 g/mol. The third kappa shape index (κ3) is 3.61. The molecule has 0 radical (unpaired) electrons. The Morgan fingerprint density at radius 3 is 2.96 bits per heavy atom. The number of para-hydroxylation sites is 1. The van der Waals surface area contributed by atoms with Crippen molar-refractivity contribution in [3.05, 3.63) is 36.0 Å². The summed E-state index contributed by atoms with van der Waals surface area (Å²) in [6.07, 6.45) is 2.14. The molecule has 1 amide bonds. The summed E-state index contributed by atoms with van der Waals surface area (Å²) < 4.78 is 11.5. The molecule has 126 valence electrons. The molecule has 2 aromatic rings. The lowest BCUT2D eigenvalue weighted by molar-refractivity contribution is 0.0681. The lowest BCUT2D eigenvalue weighted by Crippen LogP contribution is -2.31. The number of nitrogens with two attached hydrogens (primary N) is 2. The largest absolute Gasteiger partial charge is 0.490 e. The highest BCUT2D eigenvalue weighted by molar-refractivity contribution is 5.93. The van der Waals surface area contributed by atoms with Gasteiger partial charge >= 0.3 is 0 Å². The molecule has 1 aromatic carbocycles. The fourth-order valence-electron chi connectivity index (χ4n) is 2.56. The number of carbonyl (C=O) groups is 1. The molecule has 0 saturated carbocycles. The van der Waals surface area contributed by atoms with Gasteiger partial charge in [-0.15, -0.1) is 0 Å². The highest BCUT2D eigenvalue weighted by Gasteiger charge is 2.18. The lowest BCUT2D eigenvalue weighted by Gasteiger charge is -2.14. The number of hydrazine groups is 1. The van der Waals surface area contributed by atoms with Gasteiger partial charge in [0.25, 0.3) is 5.91 Å². The molecular weight excluding hydrogens is 310 g/mol. The minimum Gasteiger partial charge on any atom is -0.490 e. The first-order valence-electron chi connectivity index (χ1n) is 7.66. The van der Waals surface area contributed by atoms with E-state index in [2.05, 4.69) is 9.97 Å². The molecule has 1 unspecified atom stereocenters. The number of benzene rings is 1. The molecule has 1 aliphatic heterocycles. The Kier molecular flexibility index (Phi) is 4.88. The summed E-state index contributed by atoms with van der Waals surface area (Å²) in [5, 5.41) is 0. The van der Waals surface area contributed by atoms with Gasteiger partial charge in [0.15, 0.2) is 0 Å². The molecule has 8 heteroatoms. The van der Waals surface area contributed by atoms with Crippen LogP contribution in [-0.4, -0.2) is 35.2 Å². The third-order valence-electron chi connectivity index (χ3n) is 3.72. The summed E-state index contributed by atoms with van der Waals surface area (Å²) in [6, 6.07) is 8.93. The fraction of sp³-hybridized carbons (Fsp3) is 0.312. The predicted molar refractivity (Wildman–Crippen MR) is 88.0 cm³/mol. The van der Waals surface area contributed by atoms with E-state index in [-0.39, 0.29) is 17.7 Å². The zero-order valence-electron chi connectivity index (χ0n) is 13.1. The first-order valence-corrected chi connectivity index (χ1v) is 7.66. The van der Waals surface area contributed by atoms with Gasteiger partial charge in [-0.05, 0) is 31.0 Å². The van der Waals surface area contributed by atoms with Gasteiger partial charge in [-0.25, -0.2) is 15.8 Å². The van der Waals surface area contributed by atoms with Crippen molar-refractivity contribution in [1.82, 2.24) is 15.4 Å². The van der Waals surface area contributed by atoms with E-state index in [1.165, 1.54) is 6.07 Å². The topological polar surface area (TPSA) is 125 Å². The van der Waals surface area contributed by atoms with Crippen LogP contribution in [0.15, 0.2) is 30.3 Å². The van der Waals surface area contributed by atoms with Crippen molar-refractivity contribution in [2.75, 3.05) is 18.9 Å². The van der Waals surface area contributed by atoms with Gasteiger partial charge in [-0.1, -0.05) is 12.1 Å². The lowest BCUT2D eigenvalue weighted by atomic mass is 10.1. The van der Waals surface area contributed by atoms with Crippen LogP contribution < -0.4 is 21.7 Å². The van der Waals surface area contributed by atoms with Crippen molar-refractivity contribution >= 4 is 11.9 Å². The summed E-state index contributed by atoms with van der Waals surface area (Å²) in [4.78, 5) is 19.8. The number of amides is 1. The Bertz CT molecular complexity index is 731. The average Bonchev–Trinajstić information content (AvgIpc) is 3.12. The van der Waals surface area contributed by atoms with Crippen LogP contribution in [0, 0.1) is 0 Å². The number of nitrogens with zero attached hydrogens (tertiary/aromatic N) is 2. The quantitative estimate of drug-likeness (QED) is 0.422. The smallest absolute Gasteiger partial charge is 0.283 e. The van der Waals surface area contributed by atoms with Crippen LogP contribution in [0.5, 0.6) is 5.75 Å². The van der Waals surface area contributed by atoms with E-state index in [9.17, 15) is 4.79 Å². The molecule has 5 N–H and O–H groups in total. The van der Waals surface area contributed by atoms with E-state index in [0.29, 0.717) is 18.1 Å². The van der Waals surface area contributed by atoms with Crippen LogP contribution in [-0.2, 0) is 4.74 Å². The Morgan fingerprint density at radius 1 is 1.38 bits per heavy atom. The predicted octanol–water partition coefficient (Wildman–Crippen LogP) is 0.887. The van der Waals surface area contributed by atoms with Gasteiger partial charge in [0.2, 0.25) is 5.95 Å². The van der Waals surface area contributed by atoms with Gasteiger partial charge in [-0.2, -0.15) is 0 Å². The highest BCUT2D eigenvalue weighted by Crippen LogP contribution is 2.29. The molecule has 2 heterocycles. The molecule has 1 saturated heterocycles. The molecule has 0 spiro atoms. The number of anilines is 1. The molecular formula is C16H19N5O3. The summed E-state index contributed by atoms with van der Waals surface area (Å²) >= 11 is 0. The fourth-order valence-corrected chi connectivity index (χ4v) is 2.56. The van der Waals surface area contributed by atoms with Crippen molar-refractivity contribution in [1.29, 1.82) is 0 Å². The Labute approximate surface area is 139 Å². The van der Waals surface area contributed by atoms with E-state index in [4.69, 9.17) is 21.1 Å². The summed E-state index contributed by atoms with van der Waals surface area (Å²) in [7, 11) is 0. The molecule has 1 atom stereocenters. The van der Waals surface area contributed by atoms with Crippen LogP contribution in [0.3, 0.4) is 0 Å². The molecule has 1 aliphatic rings. The Hall–Kier alpha value is -2.71. The normalized spacial score (nSPS) is 16.8. The maximum Gasteiger partial charge on any atom is 0.283 e. The molecule has 1 fully saturated rings. The van der Waals surface area contributed by atoms with Gasteiger partial charge in [0.1, 0.15) is 18.1 Å². The number of hydrogen-bond acceptors (Lipinski definition) is 7. The van der Waals surface area contributed by atoms with Crippen molar-refractivity contribution < 1.29 is 14.3 Å². The number of ether oxygens (including phenoxy) is 2. The second-order valence-electron chi connectivity index (χ2n) is 5.41. The van der Waals surface area contributed by atoms with E-state index in [1.807, 2.05) is 29.7 Å². The second-order valence-corrected chi connectivity index (χ2v) is 5.41. The van der Waals surface area contributed by atoms with E-state index < -0.39 is 5.91 Å². The van der Waals surface area contributed by atoms with Crippen LogP contribution in [0.25, 0.3) is 11.3 Å². The first-order chi connectivity index (χ1) is 11.7. The van der Waals surface area contributed by atoms with Crippen molar-refractivity contribution in [2.24, 2.45) is 5.84 Å².